The number of halogens is 1. The van der Waals surface area contributed by atoms with E-state index in [0.717, 1.165) is 24.3 Å². The minimum absolute atomic E-state index is 0. The second-order valence-corrected chi connectivity index (χ2v) is 8.83. The molecule has 0 atom stereocenters. The standard InChI is InChI=1S/C23H36N4O.HI/c1-24-22(26-19-10-14-27(15-11-19)20-8-9-20)25-17-23(12-3-4-13-23)18-6-5-7-21(16-18)28-2;/h5-7,16,19-20H,3-4,8-15,17H2,1-2H3,(H2,24,25,26);1H. The number of hydrogen-bond acceptors (Lipinski definition) is 3. The third kappa shape index (κ3) is 5.57. The van der Waals surface area contributed by atoms with Crippen molar-refractivity contribution in [3.05, 3.63) is 29.8 Å². The van der Waals surface area contributed by atoms with Crippen LogP contribution >= 0.6 is 24.0 Å². The highest BCUT2D eigenvalue weighted by Crippen LogP contribution is 2.41. The van der Waals surface area contributed by atoms with E-state index in [9.17, 15) is 0 Å². The number of hydrogen-bond donors (Lipinski definition) is 2. The molecule has 162 valence electrons. The summed E-state index contributed by atoms with van der Waals surface area (Å²) in [6.45, 7) is 3.39. The van der Waals surface area contributed by atoms with Gasteiger partial charge in [0, 0.05) is 44.2 Å². The third-order valence-corrected chi connectivity index (χ3v) is 6.99. The molecular weight excluding hydrogens is 475 g/mol. The maximum atomic E-state index is 5.48. The lowest BCUT2D eigenvalue weighted by molar-refractivity contribution is 0.197. The first-order chi connectivity index (χ1) is 13.7. The van der Waals surface area contributed by atoms with Crippen LogP contribution in [0.3, 0.4) is 0 Å². The van der Waals surface area contributed by atoms with Gasteiger partial charge in [-0.15, -0.1) is 24.0 Å². The molecule has 6 heteroatoms. The Hall–Kier alpha value is -1.02. The van der Waals surface area contributed by atoms with Gasteiger partial charge < -0.3 is 20.3 Å². The van der Waals surface area contributed by atoms with E-state index in [-0.39, 0.29) is 29.4 Å². The average molecular weight is 512 g/mol. The third-order valence-electron chi connectivity index (χ3n) is 6.99. The quantitative estimate of drug-likeness (QED) is 0.345. The lowest BCUT2D eigenvalue weighted by atomic mass is 9.78. The predicted molar refractivity (Wildman–Crippen MR) is 131 cm³/mol. The fraction of sp³-hybridized carbons (Fsp3) is 0.696. The van der Waals surface area contributed by atoms with Crippen molar-refractivity contribution in [1.29, 1.82) is 0 Å². The smallest absolute Gasteiger partial charge is 0.191 e. The maximum Gasteiger partial charge on any atom is 0.191 e. The van der Waals surface area contributed by atoms with Crippen molar-refractivity contribution in [2.75, 3.05) is 33.8 Å². The molecule has 2 aliphatic carbocycles. The summed E-state index contributed by atoms with van der Waals surface area (Å²) in [6.07, 6.45) is 10.3. The van der Waals surface area contributed by atoms with Crippen LogP contribution in [0.5, 0.6) is 5.75 Å². The van der Waals surface area contributed by atoms with E-state index in [1.165, 1.54) is 70.0 Å². The summed E-state index contributed by atoms with van der Waals surface area (Å²) in [5.41, 5.74) is 1.58. The molecule has 1 aliphatic heterocycles. The summed E-state index contributed by atoms with van der Waals surface area (Å²) in [7, 11) is 3.64. The van der Waals surface area contributed by atoms with Crippen molar-refractivity contribution in [3.63, 3.8) is 0 Å². The van der Waals surface area contributed by atoms with Gasteiger partial charge in [-0.2, -0.15) is 0 Å². The van der Waals surface area contributed by atoms with Crippen molar-refractivity contribution in [3.8, 4) is 5.75 Å². The topological polar surface area (TPSA) is 48.9 Å². The number of guanidine groups is 1. The summed E-state index contributed by atoms with van der Waals surface area (Å²) in [5.74, 6) is 1.91. The maximum absolute atomic E-state index is 5.48. The Labute approximate surface area is 193 Å². The molecule has 0 amide bonds. The van der Waals surface area contributed by atoms with Gasteiger partial charge in [0.2, 0.25) is 0 Å². The molecule has 1 aromatic carbocycles. The number of nitrogens with one attached hydrogen (secondary N) is 2. The number of nitrogens with zero attached hydrogens (tertiary/aromatic N) is 2. The largest absolute Gasteiger partial charge is 0.497 e. The zero-order valence-electron chi connectivity index (χ0n) is 18.0. The van der Waals surface area contributed by atoms with Crippen molar-refractivity contribution in [2.45, 2.75) is 68.9 Å². The fourth-order valence-electron chi connectivity index (χ4n) is 5.06. The van der Waals surface area contributed by atoms with Gasteiger partial charge >= 0.3 is 0 Å². The summed E-state index contributed by atoms with van der Waals surface area (Å²) < 4.78 is 5.48. The highest BCUT2D eigenvalue weighted by atomic mass is 127. The molecule has 1 saturated heterocycles. The summed E-state index contributed by atoms with van der Waals surface area (Å²) >= 11 is 0. The fourth-order valence-corrected chi connectivity index (χ4v) is 5.06. The number of likely N-dealkylation sites (tertiary alicyclic amines) is 1. The predicted octanol–water partition coefficient (Wildman–Crippen LogP) is 3.92. The molecule has 2 saturated carbocycles. The van der Waals surface area contributed by atoms with Crippen LogP contribution in [0.1, 0.15) is 56.9 Å². The lowest BCUT2D eigenvalue weighted by Gasteiger charge is -2.34. The molecule has 0 spiro atoms. The normalized spacial score (nSPS) is 22.8. The molecule has 0 radical (unpaired) electrons. The van der Waals surface area contributed by atoms with E-state index in [4.69, 9.17) is 4.74 Å². The van der Waals surface area contributed by atoms with Crippen LogP contribution in [0.4, 0.5) is 0 Å². The number of ether oxygens (including phenoxy) is 1. The van der Waals surface area contributed by atoms with E-state index in [0.29, 0.717) is 6.04 Å². The Morgan fingerprint density at radius 3 is 2.52 bits per heavy atom. The van der Waals surface area contributed by atoms with E-state index in [2.05, 4.69) is 38.7 Å². The van der Waals surface area contributed by atoms with E-state index in [1.807, 2.05) is 13.1 Å². The van der Waals surface area contributed by atoms with Gasteiger partial charge in [-0.25, -0.2) is 0 Å². The van der Waals surface area contributed by atoms with Crippen LogP contribution < -0.4 is 15.4 Å². The molecule has 4 rings (SSSR count). The van der Waals surface area contributed by atoms with Gasteiger partial charge in [-0.1, -0.05) is 25.0 Å². The number of rotatable bonds is 6. The van der Waals surface area contributed by atoms with Gasteiger partial charge in [-0.05, 0) is 56.2 Å². The van der Waals surface area contributed by atoms with Crippen LogP contribution in [0.2, 0.25) is 0 Å². The average Bonchev–Trinajstić information content (AvgIpc) is 3.49. The monoisotopic (exact) mass is 512 g/mol. The van der Waals surface area contributed by atoms with Gasteiger partial charge in [0.1, 0.15) is 5.75 Å². The minimum Gasteiger partial charge on any atom is -0.497 e. The van der Waals surface area contributed by atoms with Crippen LogP contribution in [0, 0.1) is 0 Å². The Morgan fingerprint density at radius 2 is 1.90 bits per heavy atom. The molecular formula is C23H37IN4O. The molecule has 1 heterocycles. The first-order valence-electron chi connectivity index (χ1n) is 11.1. The molecule has 0 unspecified atom stereocenters. The van der Waals surface area contributed by atoms with E-state index < -0.39 is 0 Å². The second-order valence-electron chi connectivity index (χ2n) is 8.83. The number of benzene rings is 1. The molecule has 1 aromatic rings. The molecule has 0 bridgehead atoms. The Balaban J connectivity index is 0.00000240. The number of methoxy groups -OCH3 is 1. The van der Waals surface area contributed by atoms with Crippen molar-refractivity contribution < 1.29 is 4.74 Å². The highest BCUT2D eigenvalue weighted by molar-refractivity contribution is 14.0. The highest BCUT2D eigenvalue weighted by Gasteiger charge is 2.36. The first-order valence-corrected chi connectivity index (χ1v) is 11.1. The SMILES string of the molecule is CN=C(NCC1(c2cccc(OC)c2)CCCC1)NC1CCN(C2CC2)CC1.I. The van der Waals surface area contributed by atoms with Crippen LogP contribution in [0.15, 0.2) is 29.3 Å². The van der Waals surface area contributed by atoms with Crippen molar-refractivity contribution in [1.82, 2.24) is 15.5 Å². The summed E-state index contributed by atoms with van der Waals surface area (Å²) in [6, 6.07) is 10.1. The van der Waals surface area contributed by atoms with E-state index in [1.54, 1.807) is 7.11 Å². The summed E-state index contributed by atoms with van der Waals surface area (Å²) in [4.78, 5) is 7.20. The van der Waals surface area contributed by atoms with Gasteiger partial charge in [0.25, 0.3) is 0 Å². The Bertz CT molecular complexity index is 677. The zero-order chi connectivity index (χ0) is 19.4. The van der Waals surface area contributed by atoms with Gasteiger partial charge in [0.05, 0.1) is 7.11 Å². The van der Waals surface area contributed by atoms with Gasteiger partial charge in [0.15, 0.2) is 5.96 Å². The Morgan fingerprint density at radius 1 is 1.17 bits per heavy atom. The molecule has 3 aliphatic rings. The minimum atomic E-state index is 0. The van der Waals surface area contributed by atoms with Crippen molar-refractivity contribution in [2.24, 2.45) is 4.99 Å². The number of aliphatic imine (C=N–C) groups is 1. The second kappa shape index (κ2) is 10.3. The van der Waals surface area contributed by atoms with Crippen LogP contribution in [-0.2, 0) is 5.41 Å². The first kappa shape index (κ1) is 22.7. The van der Waals surface area contributed by atoms with Crippen LogP contribution in [-0.4, -0.2) is 56.7 Å². The van der Waals surface area contributed by atoms with Crippen LogP contribution in [0.25, 0.3) is 0 Å². The molecule has 5 nitrogen and oxygen atoms in total. The van der Waals surface area contributed by atoms with Crippen molar-refractivity contribution >= 4 is 29.9 Å². The molecule has 3 fully saturated rings. The van der Waals surface area contributed by atoms with Gasteiger partial charge in [-0.3, -0.25) is 4.99 Å². The summed E-state index contributed by atoms with van der Waals surface area (Å²) in [5, 5.41) is 7.35. The Kier molecular flexibility index (Phi) is 8.07. The lowest BCUT2D eigenvalue weighted by Crippen LogP contribution is -2.51. The zero-order valence-corrected chi connectivity index (χ0v) is 20.3. The molecule has 2 N–H and O–H groups in total. The number of piperidine rings is 1. The molecule has 29 heavy (non-hydrogen) atoms. The van der Waals surface area contributed by atoms with E-state index >= 15 is 0 Å². The molecule has 0 aromatic heterocycles.